The standard InChI is InChI=1S/C16H20N2O3/c1-3-13(19)17-12-7-5-11(6-8-12)16(4-2)10-9-14(20)18-15(16)21/h5-8H,3-4,9-10H2,1-2H3,(H,17,19)(H,18,20,21). The Hall–Kier alpha value is -2.17. The van der Waals surface area contributed by atoms with Crippen molar-refractivity contribution in [3.8, 4) is 0 Å². The van der Waals surface area contributed by atoms with Crippen molar-refractivity contribution in [1.82, 2.24) is 5.32 Å². The van der Waals surface area contributed by atoms with E-state index >= 15 is 0 Å². The summed E-state index contributed by atoms with van der Waals surface area (Å²) >= 11 is 0. The van der Waals surface area contributed by atoms with Crippen molar-refractivity contribution >= 4 is 23.4 Å². The molecule has 0 aliphatic carbocycles. The van der Waals surface area contributed by atoms with Crippen LogP contribution in [-0.2, 0) is 19.8 Å². The fourth-order valence-corrected chi connectivity index (χ4v) is 2.69. The normalized spacial score (nSPS) is 21.8. The van der Waals surface area contributed by atoms with E-state index in [2.05, 4.69) is 10.6 Å². The molecule has 1 aromatic rings. The molecule has 1 fully saturated rings. The van der Waals surface area contributed by atoms with Crippen molar-refractivity contribution in [3.05, 3.63) is 29.8 Å². The molecule has 112 valence electrons. The largest absolute Gasteiger partial charge is 0.326 e. The van der Waals surface area contributed by atoms with E-state index in [9.17, 15) is 14.4 Å². The minimum Gasteiger partial charge on any atom is -0.326 e. The van der Waals surface area contributed by atoms with Crippen LogP contribution in [-0.4, -0.2) is 17.7 Å². The molecule has 1 saturated heterocycles. The second kappa shape index (κ2) is 6.08. The molecule has 1 heterocycles. The van der Waals surface area contributed by atoms with Crippen LogP contribution in [0.25, 0.3) is 0 Å². The molecule has 0 aromatic heterocycles. The highest BCUT2D eigenvalue weighted by molar-refractivity contribution is 6.03. The van der Waals surface area contributed by atoms with Crippen LogP contribution < -0.4 is 10.6 Å². The molecular formula is C16H20N2O3. The minimum absolute atomic E-state index is 0.0473. The summed E-state index contributed by atoms with van der Waals surface area (Å²) in [5.74, 6) is -0.489. The van der Waals surface area contributed by atoms with Crippen molar-refractivity contribution in [2.24, 2.45) is 0 Å². The number of hydrogen-bond donors (Lipinski definition) is 2. The van der Waals surface area contributed by atoms with Crippen LogP contribution in [0, 0.1) is 0 Å². The number of carbonyl (C=O) groups is 3. The summed E-state index contributed by atoms with van der Waals surface area (Å²) in [5.41, 5.74) is 0.940. The minimum atomic E-state index is -0.652. The Morgan fingerprint density at radius 3 is 2.43 bits per heavy atom. The van der Waals surface area contributed by atoms with Gasteiger partial charge in [-0.15, -0.1) is 0 Å². The molecule has 3 amide bonds. The zero-order valence-corrected chi connectivity index (χ0v) is 12.4. The zero-order valence-electron chi connectivity index (χ0n) is 12.4. The summed E-state index contributed by atoms with van der Waals surface area (Å²) in [6.07, 6.45) is 1.93. The highest BCUT2D eigenvalue weighted by Gasteiger charge is 2.42. The van der Waals surface area contributed by atoms with E-state index in [0.29, 0.717) is 31.4 Å². The maximum absolute atomic E-state index is 12.3. The van der Waals surface area contributed by atoms with E-state index in [0.717, 1.165) is 5.56 Å². The van der Waals surface area contributed by atoms with Gasteiger partial charge in [0.2, 0.25) is 17.7 Å². The van der Waals surface area contributed by atoms with Crippen LogP contribution >= 0.6 is 0 Å². The van der Waals surface area contributed by atoms with E-state index in [1.54, 1.807) is 19.1 Å². The highest BCUT2D eigenvalue weighted by Crippen LogP contribution is 2.36. The maximum Gasteiger partial charge on any atom is 0.237 e. The van der Waals surface area contributed by atoms with Crippen LogP contribution in [0.15, 0.2) is 24.3 Å². The molecule has 0 radical (unpaired) electrons. The molecule has 0 saturated carbocycles. The summed E-state index contributed by atoms with van der Waals surface area (Å²) in [6.45, 7) is 3.74. The number of carbonyl (C=O) groups excluding carboxylic acids is 3. The third-order valence-corrected chi connectivity index (χ3v) is 4.11. The Morgan fingerprint density at radius 1 is 1.24 bits per heavy atom. The molecule has 2 N–H and O–H groups in total. The van der Waals surface area contributed by atoms with Gasteiger partial charge in [0.15, 0.2) is 0 Å². The average Bonchev–Trinajstić information content (AvgIpc) is 2.49. The molecule has 0 spiro atoms. The maximum atomic E-state index is 12.3. The zero-order chi connectivity index (χ0) is 15.5. The predicted octanol–water partition coefficient (Wildman–Crippen LogP) is 2.12. The van der Waals surface area contributed by atoms with Gasteiger partial charge in [-0.1, -0.05) is 26.0 Å². The lowest BCUT2D eigenvalue weighted by Crippen LogP contribution is -2.51. The second-order valence-corrected chi connectivity index (χ2v) is 5.29. The lowest BCUT2D eigenvalue weighted by Gasteiger charge is -2.35. The number of benzene rings is 1. The molecule has 1 unspecified atom stereocenters. The second-order valence-electron chi connectivity index (χ2n) is 5.29. The quantitative estimate of drug-likeness (QED) is 0.833. The molecule has 1 aromatic carbocycles. The fourth-order valence-electron chi connectivity index (χ4n) is 2.69. The van der Waals surface area contributed by atoms with Gasteiger partial charge in [-0.25, -0.2) is 0 Å². The summed E-state index contributed by atoms with van der Waals surface area (Å²) < 4.78 is 0. The van der Waals surface area contributed by atoms with Gasteiger partial charge in [0.05, 0.1) is 5.41 Å². The van der Waals surface area contributed by atoms with E-state index in [1.807, 2.05) is 19.1 Å². The van der Waals surface area contributed by atoms with Gasteiger partial charge in [0.25, 0.3) is 0 Å². The fraction of sp³-hybridized carbons (Fsp3) is 0.438. The first-order valence-corrected chi connectivity index (χ1v) is 7.26. The lowest BCUT2D eigenvalue weighted by atomic mass is 9.72. The SMILES string of the molecule is CCC(=O)Nc1ccc(C2(CC)CCC(=O)NC2=O)cc1. The Kier molecular flexibility index (Phi) is 4.40. The van der Waals surface area contributed by atoms with E-state index < -0.39 is 5.41 Å². The molecule has 1 aliphatic rings. The van der Waals surface area contributed by atoms with Crippen molar-refractivity contribution in [2.75, 3.05) is 5.32 Å². The predicted molar refractivity (Wildman–Crippen MR) is 79.7 cm³/mol. The van der Waals surface area contributed by atoms with Crippen molar-refractivity contribution in [1.29, 1.82) is 0 Å². The molecule has 5 nitrogen and oxygen atoms in total. The average molecular weight is 288 g/mol. The molecular weight excluding hydrogens is 268 g/mol. The Balaban J connectivity index is 2.25. The highest BCUT2D eigenvalue weighted by atomic mass is 16.2. The van der Waals surface area contributed by atoms with Gasteiger partial charge < -0.3 is 5.32 Å². The van der Waals surface area contributed by atoms with Crippen molar-refractivity contribution in [2.45, 2.75) is 44.9 Å². The summed E-state index contributed by atoms with van der Waals surface area (Å²) in [5, 5.41) is 5.20. The van der Waals surface area contributed by atoms with Gasteiger partial charge in [0.1, 0.15) is 0 Å². The molecule has 21 heavy (non-hydrogen) atoms. The topological polar surface area (TPSA) is 75.3 Å². The van der Waals surface area contributed by atoms with Crippen LogP contribution in [0.2, 0.25) is 0 Å². The summed E-state index contributed by atoms with van der Waals surface area (Å²) in [4.78, 5) is 35.0. The van der Waals surface area contributed by atoms with E-state index in [4.69, 9.17) is 0 Å². The first-order chi connectivity index (χ1) is 10.0. The van der Waals surface area contributed by atoms with E-state index in [-0.39, 0.29) is 17.7 Å². The smallest absolute Gasteiger partial charge is 0.237 e. The van der Waals surface area contributed by atoms with Crippen molar-refractivity contribution in [3.63, 3.8) is 0 Å². The first-order valence-electron chi connectivity index (χ1n) is 7.26. The summed E-state index contributed by atoms with van der Waals surface area (Å²) in [6, 6.07) is 7.29. The lowest BCUT2D eigenvalue weighted by molar-refractivity contribution is -0.138. The van der Waals surface area contributed by atoms with Crippen LogP contribution in [0.1, 0.15) is 45.1 Å². The molecule has 0 bridgehead atoms. The Bertz CT molecular complexity index is 565. The molecule has 1 atom stereocenters. The van der Waals surface area contributed by atoms with Crippen LogP contribution in [0.4, 0.5) is 5.69 Å². The van der Waals surface area contributed by atoms with Gasteiger partial charge >= 0.3 is 0 Å². The number of hydrogen-bond acceptors (Lipinski definition) is 3. The number of rotatable bonds is 4. The van der Waals surface area contributed by atoms with Gasteiger partial charge in [-0.2, -0.15) is 0 Å². The third kappa shape index (κ3) is 2.96. The third-order valence-electron chi connectivity index (χ3n) is 4.11. The molecule has 5 heteroatoms. The number of amides is 3. The van der Waals surface area contributed by atoms with Crippen LogP contribution in [0.5, 0.6) is 0 Å². The number of piperidine rings is 1. The number of nitrogens with one attached hydrogen (secondary N) is 2. The molecule has 2 rings (SSSR count). The molecule has 1 aliphatic heterocycles. The number of anilines is 1. The van der Waals surface area contributed by atoms with E-state index in [1.165, 1.54) is 0 Å². The van der Waals surface area contributed by atoms with Crippen molar-refractivity contribution < 1.29 is 14.4 Å². The van der Waals surface area contributed by atoms with Gasteiger partial charge in [-0.05, 0) is 30.5 Å². The number of imide groups is 1. The van der Waals surface area contributed by atoms with Gasteiger partial charge in [0, 0.05) is 18.5 Å². The monoisotopic (exact) mass is 288 g/mol. The summed E-state index contributed by atoms with van der Waals surface area (Å²) in [7, 11) is 0. The van der Waals surface area contributed by atoms with Crippen LogP contribution in [0.3, 0.4) is 0 Å². The Morgan fingerprint density at radius 2 is 1.90 bits per heavy atom. The first kappa shape index (κ1) is 15.2. The Labute approximate surface area is 124 Å². The van der Waals surface area contributed by atoms with Gasteiger partial charge in [-0.3, -0.25) is 19.7 Å².